The highest BCUT2D eigenvalue weighted by molar-refractivity contribution is 5.79. The van der Waals surface area contributed by atoms with Gasteiger partial charge in [0.2, 0.25) is 6.29 Å². The smallest absolute Gasteiger partial charge is 0.315 e. The third-order valence-electron chi connectivity index (χ3n) is 17.4. The number of aliphatic hydroxyl groups excluding tert-OH is 10. The third-order valence-corrected chi connectivity index (χ3v) is 17.4. The molecule has 0 bridgehead atoms. The van der Waals surface area contributed by atoms with Crippen LogP contribution in [0.1, 0.15) is 86.0 Å². The van der Waals surface area contributed by atoms with Crippen LogP contribution in [0.25, 0.3) is 0 Å². The van der Waals surface area contributed by atoms with Crippen molar-refractivity contribution in [1.82, 2.24) is 0 Å². The van der Waals surface area contributed by atoms with Gasteiger partial charge in [-0.15, -0.1) is 0 Å². The first-order chi connectivity index (χ1) is 26.6. The minimum atomic E-state index is -1.81. The van der Waals surface area contributed by atoms with Gasteiger partial charge in [-0.1, -0.05) is 39.3 Å². The molecule has 0 aromatic rings. The summed E-state index contributed by atoms with van der Waals surface area (Å²) in [5.41, 5.74) is -4.59. The Morgan fingerprint density at radius 1 is 0.825 bits per heavy atom. The second-order valence-corrected chi connectivity index (χ2v) is 19.8. The van der Waals surface area contributed by atoms with Crippen LogP contribution in [0.4, 0.5) is 0 Å². The van der Waals surface area contributed by atoms with E-state index in [0.29, 0.717) is 44.9 Å². The van der Waals surface area contributed by atoms with Gasteiger partial charge in [0, 0.05) is 11.3 Å². The first-order valence-electron chi connectivity index (χ1n) is 20.8. The maximum Gasteiger partial charge on any atom is 0.315 e. The average molecular weight is 815 g/mol. The van der Waals surface area contributed by atoms with E-state index in [1.807, 2.05) is 6.92 Å². The van der Waals surface area contributed by atoms with Crippen LogP contribution in [0.2, 0.25) is 0 Å². The van der Waals surface area contributed by atoms with E-state index < -0.39 is 139 Å². The molecular weight excluding hydrogens is 748 g/mol. The molecule has 0 aromatic heterocycles. The summed E-state index contributed by atoms with van der Waals surface area (Å²) in [7, 11) is 0. The van der Waals surface area contributed by atoms with Crippen molar-refractivity contribution in [1.29, 1.82) is 0 Å². The Hall–Kier alpha value is -1.35. The van der Waals surface area contributed by atoms with Crippen LogP contribution >= 0.6 is 0 Å². The van der Waals surface area contributed by atoms with Crippen LogP contribution < -0.4 is 0 Å². The quantitative estimate of drug-likeness (QED) is 0.107. The highest BCUT2D eigenvalue weighted by atomic mass is 16.8. The summed E-state index contributed by atoms with van der Waals surface area (Å²) in [6.45, 7) is 8.15. The minimum absolute atomic E-state index is 0.0450. The molecule has 0 radical (unpaired) electrons. The van der Waals surface area contributed by atoms with Crippen molar-refractivity contribution in [2.45, 2.75) is 159 Å². The van der Waals surface area contributed by atoms with E-state index >= 15 is 4.79 Å². The molecule has 7 rings (SSSR count). The van der Waals surface area contributed by atoms with Crippen LogP contribution in [0.5, 0.6) is 0 Å². The van der Waals surface area contributed by atoms with Gasteiger partial charge in [0.05, 0.1) is 49.7 Å². The zero-order valence-corrected chi connectivity index (χ0v) is 33.7. The number of aliphatic hydroxyl groups is 11. The Bertz CT molecular complexity index is 1540. The number of rotatable bonds is 7. The van der Waals surface area contributed by atoms with Gasteiger partial charge in [-0.05, 0) is 92.3 Å². The SMILES string of the molecule is C[C@@H]1CC[C@]2(C(=O)O[C@@H]3O[C@H](CO)[C@@H](O)[C@H](O)[C@H]3O[C@@H]3OC[C@@H](O)[C@H](O)[C@H]3O)CC[C@]3(C)C(=CC[C@@H]4[C@@]5(C)C[C@@H](O)[C@H](O)C(CO)(CO)[C@@H]5CC[C@]43C)[C@@H]2[C@]1(C)O. The summed E-state index contributed by atoms with van der Waals surface area (Å²) < 4.78 is 23.3. The molecule has 2 aliphatic heterocycles. The van der Waals surface area contributed by atoms with Crippen LogP contribution in [-0.2, 0) is 23.7 Å². The molecule has 57 heavy (non-hydrogen) atoms. The van der Waals surface area contributed by atoms with Crippen LogP contribution in [0.3, 0.4) is 0 Å². The van der Waals surface area contributed by atoms with Crippen LogP contribution in [-0.4, -0.2) is 162 Å². The topological polar surface area (TPSA) is 277 Å². The molecule has 4 saturated carbocycles. The van der Waals surface area contributed by atoms with Gasteiger partial charge in [0.15, 0.2) is 12.4 Å². The number of hydrogen-bond donors (Lipinski definition) is 11. The van der Waals surface area contributed by atoms with Crippen LogP contribution in [0.15, 0.2) is 11.6 Å². The molecule has 0 aromatic carbocycles. The summed E-state index contributed by atoms with van der Waals surface area (Å²) >= 11 is 0. The monoisotopic (exact) mass is 814 g/mol. The lowest BCUT2D eigenvalue weighted by Crippen LogP contribution is -2.70. The Morgan fingerprint density at radius 2 is 1.51 bits per heavy atom. The van der Waals surface area contributed by atoms with E-state index in [4.69, 9.17) is 18.9 Å². The van der Waals surface area contributed by atoms with E-state index in [-0.39, 0.29) is 24.2 Å². The molecule has 326 valence electrons. The Kier molecular flexibility index (Phi) is 11.5. The molecule has 0 amide bonds. The molecular formula is C41H66O16. The maximum atomic E-state index is 15.0. The lowest BCUT2D eigenvalue weighted by molar-refractivity contribution is -0.353. The normalized spacial score (nSPS) is 54.7. The largest absolute Gasteiger partial charge is 0.432 e. The van der Waals surface area contributed by atoms with Gasteiger partial charge >= 0.3 is 5.97 Å². The van der Waals surface area contributed by atoms with Gasteiger partial charge in [-0.25, -0.2) is 0 Å². The second-order valence-electron chi connectivity index (χ2n) is 19.8. The lowest BCUT2D eigenvalue weighted by Gasteiger charge is -2.72. The third kappa shape index (κ3) is 6.10. The average Bonchev–Trinajstić information content (AvgIpc) is 3.17. The Labute approximate surface area is 333 Å². The fraction of sp³-hybridized carbons (Fsp3) is 0.927. The molecule has 5 aliphatic carbocycles. The van der Waals surface area contributed by atoms with Gasteiger partial charge in [0.25, 0.3) is 0 Å². The van der Waals surface area contributed by atoms with Gasteiger partial charge in [-0.3, -0.25) is 4.79 Å². The van der Waals surface area contributed by atoms with Crippen molar-refractivity contribution in [3.63, 3.8) is 0 Å². The molecule has 2 saturated heterocycles. The predicted octanol–water partition coefficient (Wildman–Crippen LogP) is -1.16. The minimum Gasteiger partial charge on any atom is -0.432 e. The molecule has 11 N–H and O–H groups in total. The zero-order chi connectivity index (χ0) is 41.8. The first-order valence-corrected chi connectivity index (χ1v) is 20.8. The number of carbonyl (C=O) groups excluding carboxylic acids is 1. The first kappa shape index (κ1) is 43.7. The number of esters is 1. The van der Waals surface area contributed by atoms with Crippen molar-refractivity contribution in [2.24, 2.45) is 50.7 Å². The maximum absolute atomic E-state index is 15.0. The summed E-state index contributed by atoms with van der Waals surface area (Å²) in [5.74, 6) is -2.01. The molecule has 16 nitrogen and oxygen atoms in total. The molecule has 2 heterocycles. The fourth-order valence-corrected chi connectivity index (χ4v) is 13.6. The number of allylic oxidation sites excluding steroid dienone is 1. The van der Waals surface area contributed by atoms with E-state index in [1.165, 1.54) is 0 Å². The highest BCUT2D eigenvalue weighted by Crippen LogP contribution is 2.76. The number of fused-ring (bicyclic) bond motifs is 7. The van der Waals surface area contributed by atoms with E-state index in [9.17, 15) is 56.2 Å². The molecule has 16 heteroatoms. The molecule has 0 spiro atoms. The number of ether oxygens (including phenoxy) is 4. The number of hydrogen-bond acceptors (Lipinski definition) is 16. The standard InChI is InChI=1S/C41H66O16/c1-19-8-11-40(35(52)57-34-30(28(49)27(48)23(15-42)55-34)56-33-29(50)26(47)22(46)16-54-33)13-12-37(3)20(31(40)39(19,5)53)6-7-24-36(2)14-21(45)32(51)41(17-43,18-44)25(36)9-10-38(24,37)4/h6,19,21-34,42-51,53H,7-18H2,1-5H3/t19-,21-,22-,23-,24-,25-,26+,27-,28+,29-,30-,31-,32+,33+,34+,36-,37-,38-,39-,40+/m1/s1. The van der Waals surface area contributed by atoms with E-state index in [2.05, 4.69) is 26.8 Å². The van der Waals surface area contributed by atoms with Gasteiger partial charge in [0.1, 0.15) is 36.6 Å². The Balaban J connectivity index is 1.24. The summed E-state index contributed by atoms with van der Waals surface area (Å²) in [4.78, 5) is 15.0. The number of carbonyl (C=O) groups is 1. The molecule has 7 aliphatic rings. The van der Waals surface area contributed by atoms with Crippen molar-refractivity contribution in [3.8, 4) is 0 Å². The van der Waals surface area contributed by atoms with Crippen molar-refractivity contribution >= 4 is 5.97 Å². The summed E-state index contributed by atoms with van der Waals surface area (Å²) in [6, 6.07) is 0. The van der Waals surface area contributed by atoms with Crippen LogP contribution in [0, 0.1) is 50.7 Å². The predicted molar refractivity (Wildman–Crippen MR) is 197 cm³/mol. The lowest BCUT2D eigenvalue weighted by atomic mass is 9.32. The van der Waals surface area contributed by atoms with Gasteiger partial charge < -0.3 is 75.1 Å². The van der Waals surface area contributed by atoms with Crippen molar-refractivity contribution in [2.75, 3.05) is 26.4 Å². The zero-order valence-electron chi connectivity index (χ0n) is 33.7. The summed E-state index contributed by atoms with van der Waals surface area (Å²) in [5, 5.41) is 119. The highest BCUT2D eigenvalue weighted by Gasteiger charge is 2.73. The Morgan fingerprint density at radius 3 is 2.16 bits per heavy atom. The summed E-state index contributed by atoms with van der Waals surface area (Å²) in [6.07, 6.45) is -11.3. The van der Waals surface area contributed by atoms with Crippen molar-refractivity contribution < 1.29 is 79.9 Å². The van der Waals surface area contributed by atoms with E-state index in [1.54, 1.807) is 6.92 Å². The fourth-order valence-electron chi connectivity index (χ4n) is 13.6. The van der Waals surface area contributed by atoms with Gasteiger partial charge in [-0.2, -0.15) is 0 Å². The van der Waals surface area contributed by atoms with E-state index in [0.717, 1.165) is 5.57 Å². The molecule has 0 unspecified atom stereocenters. The molecule has 20 atom stereocenters. The van der Waals surface area contributed by atoms with Crippen molar-refractivity contribution in [3.05, 3.63) is 11.6 Å². The second kappa shape index (κ2) is 14.9. The molecule has 6 fully saturated rings.